The van der Waals surface area contributed by atoms with Crippen LogP contribution in [-0.2, 0) is 16.1 Å². The van der Waals surface area contributed by atoms with Crippen molar-refractivity contribution in [3.63, 3.8) is 0 Å². The van der Waals surface area contributed by atoms with Gasteiger partial charge in [0.2, 0.25) is 11.9 Å². The molecule has 1 aliphatic heterocycles. The van der Waals surface area contributed by atoms with Gasteiger partial charge in [0, 0.05) is 44.0 Å². The fraction of sp³-hybridized carbons (Fsp3) is 0.565. The molecule has 0 atom stereocenters. The van der Waals surface area contributed by atoms with E-state index in [0.717, 1.165) is 30.7 Å². The molecule has 0 bridgehead atoms. The molecule has 1 fully saturated rings. The SMILES string of the molecule is CCN(CC)C(=O)c1cccc(NC(=O)CSc2nnc(N3CCOCC3)n2CC(C)C)c1. The summed E-state index contributed by atoms with van der Waals surface area (Å²) in [6.45, 7) is 13.2. The Hall–Kier alpha value is -2.59. The Kier molecular flexibility index (Phi) is 9.13. The molecule has 3 rings (SSSR count). The van der Waals surface area contributed by atoms with Gasteiger partial charge in [-0.3, -0.25) is 14.2 Å². The molecule has 2 amide bonds. The molecule has 0 spiro atoms. The molecule has 2 aromatic rings. The second-order valence-electron chi connectivity index (χ2n) is 8.28. The lowest BCUT2D eigenvalue weighted by Crippen LogP contribution is -2.38. The Morgan fingerprint density at radius 3 is 2.58 bits per heavy atom. The van der Waals surface area contributed by atoms with Gasteiger partial charge in [-0.05, 0) is 38.0 Å². The topological polar surface area (TPSA) is 92.6 Å². The van der Waals surface area contributed by atoms with Crippen molar-refractivity contribution in [3.05, 3.63) is 29.8 Å². The third-order valence-electron chi connectivity index (χ3n) is 5.32. The number of benzene rings is 1. The van der Waals surface area contributed by atoms with E-state index >= 15 is 0 Å². The van der Waals surface area contributed by atoms with Gasteiger partial charge in [-0.25, -0.2) is 0 Å². The minimum atomic E-state index is -0.153. The average molecular weight is 475 g/mol. The van der Waals surface area contributed by atoms with E-state index in [-0.39, 0.29) is 17.6 Å². The first-order chi connectivity index (χ1) is 15.9. The van der Waals surface area contributed by atoms with Crippen molar-refractivity contribution in [2.45, 2.75) is 39.4 Å². The van der Waals surface area contributed by atoms with Crippen molar-refractivity contribution in [1.29, 1.82) is 0 Å². The van der Waals surface area contributed by atoms with E-state index in [1.54, 1.807) is 29.2 Å². The van der Waals surface area contributed by atoms with Crippen molar-refractivity contribution in [1.82, 2.24) is 19.7 Å². The number of rotatable bonds is 10. The molecule has 0 unspecified atom stereocenters. The maximum absolute atomic E-state index is 12.6. The smallest absolute Gasteiger partial charge is 0.253 e. The quantitative estimate of drug-likeness (QED) is 0.529. The Bertz CT molecular complexity index is 938. The summed E-state index contributed by atoms with van der Waals surface area (Å²) in [4.78, 5) is 29.2. The summed E-state index contributed by atoms with van der Waals surface area (Å²) in [6.07, 6.45) is 0. The highest BCUT2D eigenvalue weighted by Gasteiger charge is 2.22. The number of hydrogen-bond acceptors (Lipinski definition) is 7. The number of thioether (sulfide) groups is 1. The lowest BCUT2D eigenvalue weighted by Gasteiger charge is -2.28. The molecular weight excluding hydrogens is 440 g/mol. The third-order valence-corrected chi connectivity index (χ3v) is 6.28. The molecule has 0 saturated carbocycles. The van der Waals surface area contributed by atoms with Gasteiger partial charge in [0.25, 0.3) is 5.91 Å². The molecule has 33 heavy (non-hydrogen) atoms. The number of morpholine rings is 1. The fourth-order valence-corrected chi connectivity index (χ4v) is 4.40. The number of carbonyl (C=O) groups is 2. The number of ether oxygens (including phenoxy) is 1. The monoisotopic (exact) mass is 474 g/mol. The van der Waals surface area contributed by atoms with Crippen LogP contribution in [0.4, 0.5) is 11.6 Å². The predicted octanol–water partition coefficient (Wildman–Crippen LogP) is 2.98. The van der Waals surface area contributed by atoms with E-state index in [9.17, 15) is 9.59 Å². The lowest BCUT2D eigenvalue weighted by atomic mass is 10.1. The van der Waals surface area contributed by atoms with Crippen molar-refractivity contribution >= 4 is 35.2 Å². The summed E-state index contributed by atoms with van der Waals surface area (Å²) in [5.74, 6) is 1.26. The highest BCUT2D eigenvalue weighted by atomic mass is 32.2. The lowest BCUT2D eigenvalue weighted by molar-refractivity contribution is -0.113. The molecule has 180 valence electrons. The van der Waals surface area contributed by atoms with Crippen LogP contribution < -0.4 is 10.2 Å². The van der Waals surface area contributed by atoms with E-state index in [1.165, 1.54) is 11.8 Å². The molecule has 1 saturated heterocycles. The summed E-state index contributed by atoms with van der Waals surface area (Å²) in [6, 6.07) is 7.07. The van der Waals surface area contributed by atoms with Crippen molar-refractivity contribution in [3.8, 4) is 0 Å². The molecule has 1 aromatic carbocycles. The van der Waals surface area contributed by atoms with Crippen LogP contribution in [0.1, 0.15) is 38.1 Å². The maximum atomic E-state index is 12.6. The van der Waals surface area contributed by atoms with Gasteiger partial charge in [-0.2, -0.15) is 0 Å². The normalized spacial score (nSPS) is 13.9. The Labute approximate surface area is 199 Å². The fourth-order valence-electron chi connectivity index (χ4n) is 3.66. The van der Waals surface area contributed by atoms with Crippen LogP contribution in [0.15, 0.2) is 29.4 Å². The predicted molar refractivity (Wildman–Crippen MR) is 131 cm³/mol. The molecule has 1 aliphatic rings. The summed E-state index contributed by atoms with van der Waals surface area (Å²) in [5.41, 5.74) is 1.17. The van der Waals surface area contributed by atoms with Crippen LogP contribution in [0.2, 0.25) is 0 Å². The number of nitrogens with zero attached hydrogens (tertiary/aromatic N) is 5. The van der Waals surface area contributed by atoms with Crippen LogP contribution in [0.3, 0.4) is 0 Å². The first-order valence-corrected chi connectivity index (χ1v) is 12.5. The number of hydrogen-bond donors (Lipinski definition) is 1. The van der Waals surface area contributed by atoms with Gasteiger partial charge >= 0.3 is 0 Å². The summed E-state index contributed by atoms with van der Waals surface area (Å²) in [7, 11) is 0. The number of anilines is 2. The number of aromatic nitrogens is 3. The van der Waals surface area contributed by atoms with Gasteiger partial charge in [-0.1, -0.05) is 31.7 Å². The zero-order valence-electron chi connectivity index (χ0n) is 19.9. The molecule has 10 heteroatoms. The maximum Gasteiger partial charge on any atom is 0.253 e. The third kappa shape index (κ3) is 6.70. The van der Waals surface area contributed by atoms with Crippen LogP contribution in [0.5, 0.6) is 0 Å². The largest absolute Gasteiger partial charge is 0.378 e. The highest BCUT2D eigenvalue weighted by molar-refractivity contribution is 7.99. The number of nitrogens with one attached hydrogen (secondary N) is 1. The Morgan fingerprint density at radius 2 is 1.91 bits per heavy atom. The first-order valence-electron chi connectivity index (χ1n) is 11.5. The van der Waals surface area contributed by atoms with E-state index < -0.39 is 0 Å². The van der Waals surface area contributed by atoms with E-state index in [2.05, 4.69) is 38.8 Å². The van der Waals surface area contributed by atoms with Gasteiger partial charge < -0.3 is 19.9 Å². The average Bonchev–Trinajstić information content (AvgIpc) is 3.21. The second kappa shape index (κ2) is 12.0. The highest BCUT2D eigenvalue weighted by Crippen LogP contribution is 2.24. The van der Waals surface area contributed by atoms with Gasteiger partial charge in [-0.15, -0.1) is 10.2 Å². The van der Waals surface area contributed by atoms with Gasteiger partial charge in [0.15, 0.2) is 5.16 Å². The van der Waals surface area contributed by atoms with E-state index in [1.807, 2.05) is 13.8 Å². The molecule has 2 heterocycles. The molecular formula is C23H34N6O3S. The number of carbonyl (C=O) groups excluding carboxylic acids is 2. The van der Waals surface area contributed by atoms with Crippen LogP contribution in [0.25, 0.3) is 0 Å². The van der Waals surface area contributed by atoms with Crippen LogP contribution in [-0.4, -0.2) is 76.6 Å². The van der Waals surface area contributed by atoms with Crippen molar-refractivity contribution in [2.75, 3.05) is 55.4 Å². The second-order valence-corrected chi connectivity index (χ2v) is 9.22. The minimum absolute atomic E-state index is 0.0390. The zero-order valence-corrected chi connectivity index (χ0v) is 20.7. The first kappa shape index (κ1) is 25.0. The van der Waals surface area contributed by atoms with E-state index in [0.29, 0.717) is 43.5 Å². The van der Waals surface area contributed by atoms with Crippen LogP contribution in [0, 0.1) is 5.92 Å². The summed E-state index contributed by atoms with van der Waals surface area (Å²) in [5, 5.41) is 12.4. The number of amides is 2. The molecule has 9 nitrogen and oxygen atoms in total. The Balaban J connectivity index is 1.64. The van der Waals surface area contributed by atoms with Gasteiger partial charge in [0.05, 0.1) is 19.0 Å². The molecule has 0 radical (unpaired) electrons. The van der Waals surface area contributed by atoms with Gasteiger partial charge in [0.1, 0.15) is 0 Å². The Morgan fingerprint density at radius 1 is 1.18 bits per heavy atom. The summed E-state index contributed by atoms with van der Waals surface area (Å²) < 4.78 is 7.55. The molecule has 1 N–H and O–H groups in total. The molecule has 1 aromatic heterocycles. The summed E-state index contributed by atoms with van der Waals surface area (Å²) >= 11 is 1.37. The van der Waals surface area contributed by atoms with Crippen LogP contribution >= 0.6 is 11.8 Å². The molecule has 0 aliphatic carbocycles. The minimum Gasteiger partial charge on any atom is -0.378 e. The van der Waals surface area contributed by atoms with Crippen molar-refractivity contribution < 1.29 is 14.3 Å². The zero-order chi connectivity index (χ0) is 23.8. The van der Waals surface area contributed by atoms with E-state index in [4.69, 9.17) is 4.74 Å². The van der Waals surface area contributed by atoms with Crippen molar-refractivity contribution in [2.24, 2.45) is 5.92 Å². The standard InChI is InChI=1S/C23H34N6O3S/c1-5-27(6-2)21(31)18-8-7-9-19(14-18)24-20(30)16-33-23-26-25-22(29(23)15-17(3)4)28-10-12-32-13-11-28/h7-9,14,17H,5-6,10-13,15-16H2,1-4H3,(H,24,30).